The lowest BCUT2D eigenvalue weighted by Gasteiger charge is -2.08. The van der Waals surface area contributed by atoms with Crippen LogP contribution in [-0.4, -0.2) is 24.2 Å². The van der Waals surface area contributed by atoms with Crippen LogP contribution in [0.15, 0.2) is 48.5 Å². The van der Waals surface area contributed by atoms with Gasteiger partial charge in [0.25, 0.3) is 0 Å². The first-order chi connectivity index (χ1) is 14.8. The second-order valence-electron chi connectivity index (χ2n) is 6.07. The third kappa shape index (κ3) is 8.25. The molecule has 14 heteroatoms. The summed E-state index contributed by atoms with van der Waals surface area (Å²) in [7, 11) is -2.59. The van der Waals surface area contributed by atoms with Crippen LogP contribution in [0.3, 0.4) is 0 Å². The van der Waals surface area contributed by atoms with Gasteiger partial charge in [-0.15, -0.1) is 9.05 Å². The zero-order valence-corrected chi connectivity index (χ0v) is 16.7. The molecule has 172 valence electrons. The maximum Gasteiger partial charge on any atom is 0.698 e. The van der Waals surface area contributed by atoms with Gasteiger partial charge in [-0.2, -0.15) is 26.3 Å². The highest BCUT2D eigenvalue weighted by molar-refractivity contribution is 7.33. The minimum absolute atomic E-state index is 0.0911. The van der Waals surface area contributed by atoms with Gasteiger partial charge in [0.1, 0.15) is 13.2 Å². The molecular weight excluding hydrogens is 469 g/mol. The molecule has 0 spiro atoms. The molecular formula is C18H14F6N2O5P+. The van der Waals surface area contributed by atoms with E-state index in [1.54, 1.807) is 10.6 Å². The van der Waals surface area contributed by atoms with Crippen molar-refractivity contribution in [2.75, 3.05) is 10.6 Å². The third-order valence-corrected chi connectivity index (χ3v) is 4.29. The van der Waals surface area contributed by atoms with Gasteiger partial charge >= 0.3 is 32.4 Å². The number of carbonyl (C=O) groups excluding carboxylic acids is 2. The molecule has 0 atom stereocenters. The van der Waals surface area contributed by atoms with E-state index in [0.717, 1.165) is 0 Å². The molecule has 2 aromatic rings. The van der Waals surface area contributed by atoms with Crippen LogP contribution in [0.5, 0.6) is 0 Å². The highest BCUT2D eigenvalue weighted by Gasteiger charge is 2.39. The van der Waals surface area contributed by atoms with E-state index in [0.29, 0.717) is 11.1 Å². The number of benzene rings is 2. The molecule has 0 unspecified atom stereocenters. The number of alkyl halides is 6. The molecule has 0 aromatic heterocycles. The average Bonchev–Trinajstić information content (AvgIpc) is 2.71. The Morgan fingerprint density at radius 1 is 0.688 bits per heavy atom. The predicted octanol–water partition coefficient (Wildman–Crippen LogP) is 5.08. The van der Waals surface area contributed by atoms with Crippen LogP contribution < -0.4 is 10.6 Å². The fraction of sp³-hybridized carbons (Fsp3) is 0.222. The number of amides is 2. The van der Waals surface area contributed by atoms with Gasteiger partial charge in [0.15, 0.2) is 0 Å². The van der Waals surface area contributed by atoms with Crippen molar-refractivity contribution in [3.05, 3.63) is 59.7 Å². The molecule has 0 aliphatic rings. The summed E-state index contributed by atoms with van der Waals surface area (Å²) >= 11 is 0. The number of anilines is 2. The van der Waals surface area contributed by atoms with Crippen LogP contribution in [-0.2, 0) is 36.4 Å². The van der Waals surface area contributed by atoms with E-state index in [1.165, 1.54) is 48.5 Å². The number of nitrogens with one attached hydrogen (secondary N) is 2. The summed E-state index contributed by atoms with van der Waals surface area (Å²) in [6.45, 7) is -0.407. The third-order valence-electron chi connectivity index (χ3n) is 3.61. The molecule has 7 nitrogen and oxygen atoms in total. The van der Waals surface area contributed by atoms with Crippen LogP contribution in [0.4, 0.5) is 37.7 Å². The summed E-state index contributed by atoms with van der Waals surface area (Å²) in [5.41, 5.74) is 0.691. The standard InChI is InChI=1S/C18H13F6N2O5P/c19-17(20,21)15(27)25-13-5-1-11(2-6-13)9-30-32(29)31-10-12-3-7-14(8-4-12)26-16(28)18(22,23)24/h1-8H,9-10H2,(H-,25,26,27,28)/p+1. The summed E-state index contributed by atoms with van der Waals surface area (Å²) in [6, 6.07) is 10.2. The Balaban J connectivity index is 1.76. The number of hydrogen-bond acceptors (Lipinski definition) is 5. The Morgan fingerprint density at radius 2 is 1.00 bits per heavy atom. The van der Waals surface area contributed by atoms with Crippen molar-refractivity contribution >= 4 is 31.4 Å². The van der Waals surface area contributed by atoms with Gasteiger partial charge in [0.05, 0.1) is 0 Å². The normalized spacial score (nSPS) is 11.7. The lowest BCUT2D eigenvalue weighted by molar-refractivity contribution is -0.167. The van der Waals surface area contributed by atoms with Gasteiger partial charge in [-0.3, -0.25) is 9.59 Å². The fourth-order valence-corrected chi connectivity index (χ4v) is 2.65. The molecule has 2 N–H and O–H groups in total. The van der Waals surface area contributed by atoms with E-state index in [1.807, 2.05) is 0 Å². The molecule has 0 fully saturated rings. The highest BCUT2D eigenvalue weighted by Crippen LogP contribution is 2.28. The van der Waals surface area contributed by atoms with Gasteiger partial charge in [-0.05, 0) is 35.4 Å². The van der Waals surface area contributed by atoms with E-state index < -0.39 is 32.4 Å². The van der Waals surface area contributed by atoms with Crippen LogP contribution in [0.2, 0.25) is 0 Å². The Hall–Kier alpha value is -3.02. The zero-order valence-electron chi connectivity index (χ0n) is 15.8. The van der Waals surface area contributed by atoms with Crippen molar-refractivity contribution in [1.29, 1.82) is 0 Å². The second-order valence-corrected chi connectivity index (χ2v) is 7.03. The summed E-state index contributed by atoms with van der Waals surface area (Å²) < 4.78 is 94.9. The second kappa shape index (κ2) is 10.5. The molecule has 2 rings (SSSR count). The van der Waals surface area contributed by atoms with E-state index >= 15 is 0 Å². The molecule has 0 saturated carbocycles. The molecule has 0 aliphatic carbocycles. The lowest BCUT2D eigenvalue weighted by Crippen LogP contribution is -2.29. The van der Waals surface area contributed by atoms with E-state index in [-0.39, 0.29) is 24.6 Å². The number of hydrogen-bond donors (Lipinski definition) is 2. The maximum atomic E-state index is 12.2. The summed E-state index contributed by atoms with van der Waals surface area (Å²) in [6.07, 6.45) is -10.0. The first-order valence-electron chi connectivity index (χ1n) is 8.52. The average molecular weight is 483 g/mol. The largest absolute Gasteiger partial charge is 0.698 e. The number of halogens is 6. The van der Waals surface area contributed by atoms with Crippen molar-refractivity contribution in [2.24, 2.45) is 0 Å². The van der Waals surface area contributed by atoms with Gasteiger partial charge in [0, 0.05) is 15.9 Å². The molecule has 32 heavy (non-hydrogen) atoms. The Morgan fingerprint density at radius 3 is 1.28 bits per heavy atom. The van der Waals surface area contributed by atoms with Crippen LogP contribution >= 0.6 is 8.25 Å². The Kier molecular flexibility index (Phi) is 8.31. The molecule has 0 radical (unpaired) electrons. The highest BCUT2D eigenvalue weighted by atomic mass is 31.1. The quantitative estimate of drug-likeness (QED) is 0.404. The lowest BCUT2D eigenvalue weighted by atomic mass is 10.2. The zero-order chi connectivity index (χ0) is 23.9. The first-order valence-corrected chi connectivity index (χ1v) is 9.61. The minimum Gasteiger partial charge on any atom is -0.318 e. The van der Waals surface area contributed by atoms with Crippen LogP contribution in [0.25, 0.3) is 0 Å². The van der Waals surface area contributed by atoms with Crippen molar-refractivity contribution in [3.8, 4) is 0 Å². The van der Waals surface area contributed by atoms with E-state index in [2.05, 4.69) is 0 Å². The molecule has 0 saturated heterocycles. The fourth-order valence-electron chi connectivity index (χ4n) is 2.06. The summed E-state index contributed by atoms with van der Waals surface area (Å²) in [5, 5.41) is 3.34. The number of rotatable bonds is 8. The predicted molar refractivity (Wildman–Crippen MR) is 99.4 cm³/mol. The molecule has 0 heterocycles. The smallest absolute Gasteiger partial charge is 0.318 e. The summed E-state index contributed by atoms with van der Waals surface area (Å²) in [4.78, 5) is 21.7. The molecule has 0 aliphatic heterocycles. The van der Waals surface area contributed by atoms with Gasteiger partial charge < -0.3 is 10.6 Å². The minimum atomic E-state index is -5.02. The Labute approximate surface area is 177 Å². The topological polar surface area (TPSA) is 93.7 Å². The molecule has 0 bridgehead atoms. The first kappa shape index (κ1) is 25.2. The van der Waals surface area contributed by atoms with Crippen LogP contribution in [0, 0.1) is 0 Å². The van der Waals surface area contributed by atoms with Crippen molar-refractivity contribution in [2.45, 2.75) is 25.6 Å². The summed E-state index contributed by atoms with van der Waals surface area (Å²) in [5.74, 6) is -4.23. The number of carbonyl (C=O) groups is 2. The molecule has 2 amide bonds. The van der Waals surface area contributed by atoms with E-state index in [4.69, 9.17) is 9.05 Å². The van der Waals surface area contributed by atoms with Crippen LogP contribution in [0.1, 0.15) is 11.1 Å². The monoisotopic (exact) mass is 483 g/mol. The van der Waals surface area contributed by atoms with Crippen molar-refractivity contribution < 1.29 is 49.5 Å². The van der Waals surface area contributed by atoms with Crippen molar-refractivity contribution in [1.82, 2.24) is 0 Å². The molecule has 2 aromatic carbocycles. The van der Waals surface area contributed by atoms with Gasteiger partial charge in [-0.25, -0.2) is 0 Å². The SMILES string of the molecule is O=C(Nc1ccc(CO[P+](=O)OCc2ccc(NC(=O)C(F)(F)F)cc2)cc1)C(F)(F)F. The maximum absolute atomic E-state index is 12.2. The van der Waals surface area contributed by atoms with E-state index in [9.17, 15) is 40.5 Å². The Bertz CT molecular complexity index is 884. The van der Waals surface area contributed by atoms with Crippen molar-refractivity contribution in [3.63, 3.8) is 0 Å². The van der Waals surface area contributed by atoms with Gasteiger partial charge in [-0.1, -0.05) is 24.3 Å². The van der Waals surface area contributed by atoms with Gasteiger partial charge in [0.2, 0.25) is 0 Å².